The molecule has 1 spiro atoms. The molecule has 1 amide bonds. The minimum absolute atomic E-state index is 0.104. The first-order valence-electron chi connectivity index (χ1n) is 9.80. The lowest BCUT2D eigenvalue weighted by atomic mass is 9.59. The highest BCUT2D eigenvalue weighted by Gasteiger charge is 2.48. The van der Waals surface area contributed by atoms with E-state index in [2.05, 4.69) is 20.2 Å². The Hall–Kier alpha value is -2.95. The van der Waals surface area contributed by atoms with E-state index in [1.54, 1.807) is 18.7 Å². The number of halogens is 3. The minimum atomic E-state index is -5.08. The van der Waals surface area contributed by atoms with Gasteiger partial charge in [-0.15, -0.1) is 0 Å². The van der Waals surface area contributed by atoms with Crippen LogP contribution in [-0.2, 0) is 11.3 Å². The molecule has 4 rings (SSSR count). The first kappa shape index (κ1) is 22.7. The number of hydrogen-bond donors (Lipinski definition) is 2. The number of carbonyl (C=O) groups excluding carboxylic acids is 1. The van der Waals surface area contributed by atoms with Crippen molar-refractivity contribution in [3.05, 3.63) is 48.4 Å². The Labute approximate surface area is 176 Å². The summed E-state index contributed by atoms with van der Waals surface area (Å²) in [5.74, 6) is -2.86. The predicted molar refractivity (Wildman–Crippen MR) is 102 cm³/mol. The number of carboxylic acids is 1. The third-order valence-electron chi connectivity index (χ3n) is 5.85. The maximum absolute atomic E-state index is 12.3. The summed E-state index contributed by atoms with van der Waals surface area (Å²) in [4.78, 5) is 31.7. The van der Waals surface area contributed by atoms with Gasteiger partial charge in [-0.05, 0) is 50.3 Å². The second-order valence-corrected chi connectivity index (χ2v) is 7.73. The number of piperidine rings is 1. The number of amides is 1. The van der Waals surface area contributed by atoms with Gasteiger partial charge in [-0.1, -0.05) is 0 Å². The number of carboxylic acid groups (broad SMARTS) is 1. The van der Waals surface area contributed by atoms with Gasteiger partial charge in [0, 0.05) is 30.5 Å². The third kappa shape index (κ3) is 5.81. The van der Waals surface area contributed by atoms with Crippen molar-refractivity contribution >= 4 is 11.9 Å². The highest BCUT2D eigenvalue weighted by molar-refractivity contribution is 5.92. The molecule has 1 atom stereocenters. The van der Waals surface area contributed by atoms with Gasteiger partial charge in [0.15, 0.2) is 0 Å². The van der Waals surface area contributed by atoms with E-state index < -0.39 is 12.1 Å². The fourth-order valence-corrected chi connectivity index (χ4v) is 3.97. The van der Waals surface area contributed by atoms with E-state index in [1.165, 1.54) is 18.2 Å². The molecule has 1 saturated carbocycles. The van der Waals surface area contributed by atoms with Crippen LogP contribution < -0.4 is 5.32 Å². The molecule has 2 N–H and O–H groups in total. The summed E-state index contributed by atoms with van der Waals surface area (Å²) in [5, 5.41) is 10.3. The number of likely N-dealkylation sites (tertiary alicyclic amines) is 1. The van der Waals surface area contributed by atoms with E-state index >= 15 is 0 Å². The van der Waals surface area contributed by atoms with E-state index in [4.69, 9.17) is 14.3 Å². The van der Waals surface area contributed by atoms with Crippen LogP contribution in [0.4, 0.5) is 13.2 Å². The Kier molecular flexibility index (Phi) is 6.94. The van der Waals surface area contributed by atoms with Crippen LogP contribution in [0.5, 0.6) is 0 Å². The van der Waals surface area contributed by atoms with Crippen LogP contribution >= 0.6 is 0 Å². The molecule has 2 aromatic rings. The molecule has 0 radical (unpaired) electrons. The monoisotopic (exact) mass is 440 g/mol. The smallest absolute Gasteiger partial charge is 0.475 e. The molecule has 168 valence electrons. The van der Waals surface area contributed by atoms with Gasteiger partial charge in [0.05, 0.1) is 18.7 Å². The Morgan fingerprint density at radius 2 is 1.97 bits per heavy atom. The average Bonchev–Trinajstić information content (AvgIpc) is 3.25. The van der Waals surface area contributed by atoms with Crippen molar-refractivity contribution in [3.8, 4) is 0 Å². The number of nitrogens with zero attached hydrogens (tertiary/aromatic N) is 3. The number of alkyl halides is 3. The van der Waals surface area contributed by atoms with Crippen molar-refractivity contribution in [2.45, 2.75) is 44.4 Å². The number of hydrogen-bond acceptors (Lipinski definition) is 6. The van der Waals surface area contributed by atoms with E-state index in [9.17, 15) is 18.0 Å². The van der Waals surface area contributed by atoms with Gasteiger partial charge in [0.1, 0.15) is 5.69 Å². The van der Waals surface area contributed by atoms with E-state index in [0.717, 1.165) is 38.9 Å². The van der Waals surface area contributed by atoms with Crippen LogP contribution in [0.25, 0.3) is 0 Å². The molecule has 11 heteroatoms. The van der Waals surface area contributed by atoms with E-state index in [1.807, 2.05) is 12.3 Å². The summed E-state index contributed by atoms with van der Waals surface area (Å²) in [6.07, 6.45) is 7.66. The van der Waals surface area contributed by atoms with Gasteiger partial charge >= 0.3 is 12.1 Å². The molecule has 2 aromatic heterocycles. The van der Waals surface area contributed by atoms with E-state index in [-0.39, 0.29) is 17.4 Å². The quantitative estimate of drug-likeness (QED) is 0.753. The summed E-state index contributed by atoms with van der Waals surface area (Å²) in [5.41, 5.74) is 1.90. The topological polar surface area (TPSA) is 109 Å². The molecule has 8 nitrogen and oxygen atoms in total. The van der Waals surface area contributed by atoms with Crippen LogP contribution in [0.2, 0.25) is 0 Å². The van der Waals surface area contributed by atoms with Gasteiger partial charge < -0.3 is 14.8 Å². The zero-order valence-corrected chi connectivity index (χ0v) is 16.6. The normalized spacial score (nSPS) is 20.3. The maximum Gasteiger partial charge on any atom is 0.490 e. The van der Waals surface area contributed by atoms with Crippen LogP contribution in [0.15, 0.2) is 41.6 Å². The minimum Gasteiger partial charge on any atom is -0.475 e. The lowest BCUT2D eigenvalue weighted by Crippen LogP contribution is -2.59. The standard InChI is InChI=1S/C18H22N4O2.C2HF3O2/c23-17(15-11-19-6-7-20-15)21-16-1-3-18(16)4-8-22(9-5-18)12-14-2-10-24-13-14;3-2(4,5)1(6)7/h2,6-7,10-11,13,16H,1,3-5,8-9,12H2,(H,21,23);(H,6,7). The molecule has 0 aromatic carbocycles. The van der Waals surface area contributed by atoms with Gasteiger partial charge in [-0.25, -0.2) is 9.78 Å². The second-order valence-electron chi connectivity index (χ2n) is 7.73. The summed E-state index contributed by atoms with van der Waals surface area (Å²) in [6, 6.07) is 2.29. The average molecular weight is 440 g/mol. The van der Waals surface area contributed by atoms with Crippen LogP contribution in [-0.4, -0.2) is 57.2 Å². The number of aromatic nitrogens is 2. The van der Waals surface area contributed by atoms with Crippen molar-refractivity contribution in [2.24, 2.45) is 5.41 Å². The molecule has 31 heavy (non-hydrogen) atoms. The molecular formula is C20H23F3N4O4. The van der Waals surface area contributed by atoms with Crippen LogP contribution in [0, 0.1) is 5.41 Å². The number of furan rings is 1. The first-order valence-corrected chi connectivity index (χ1v) is 9.80. The highest BCUT2D eigenvalue weighted by Crippen LogP contribution is 2.49. The Morgan fingerprint density at radius 3 is 2.45 bits per heavy atom. The fourth-order valence-electron chi connectivity index (χ4n) is 3.97. The van der Waals surface area contributed by atoms with E-state index in [0.29, 0.717) is 5.69 Å². The van der Waals surface area contributed by atoms with Crippen molar-refractivity contribution in [1.29, 1.82) is 0 Å². The number of carbonyl (C=O) groups is 2. The summed E-state index contributed by atoms with van der Waals surface area (Å²) in [7, 11) is 0. The van der Waals surface area contributed by atoms with Gasteiger partial charge in [0.2, 0.25) is 0 Å². The largest absolute Gasteiger partial charge is 0.490 e. The summed E-state index contributed by atoms with van der Waals surface area (Å²) < 4.78 is 36.9. The Balaban J connectivity index is 0.000000339. The van der Waals surface area contributed by atoms with Crippen molar-refractivity contribution < 1.29 is 32.3 Å². The van der Waals surface area contributed by atoms with Crippen molar-refractivity contribution in [3.63, 3.8) is 0 Å². The van der Waals surface area contributed by atoms with Gasteiger partial charge in [-0.2, -0.15) is 13.2 Å². The predicted octanol–water partition coefficient (Wildman–Crippen LogP) is 2.88. The zero-order valence-electron chi connectivity index (χ0n) is 16.6. The molecule has 1 aliphatic carbocycles. The van der Waals surface area contributed by atoms with Gasteiger partial charge in [0.25, 0.3) is 5.91 Å². The number of nitrogens with one attached hydrogen (secondary N) is 1. The molecule has 0 bridgehead atoms. The molecule has 3 heterocycles. The van der Waals surface area contributed by atoms with Crippen molar-refractivity contribution in [2.75, 3.05) is 13.1 Å². The summed E-state index contributed by atoms with van der Waals surface area (Å²) in [6.45, 7) is 3.09. The molecular weight excluding hydrogens is 417 g/mol. The molecule has 2 fully saturated rings. The second kappa shape index (κ2) is 9.46. The number of aliphatic carboxylic acids is 1. The molecule has 2 aliphatic rings. The SMILES string of the molecule is O=C(NC1CCC12CCN(Cc1ccoc1)CC2)c1cnccn1.O=C(O)C(F)(F)F. The Morgan fingerprint density at radius 1 is 1.26 bits per heavy atom. The molecule has 1 aliphatic heterocycles. The highest BCUT2D eigenvalue weighted by atomic mass is 19.4. The van der Waals surface area contributed by atoms with Crippen LogP contribution in [0.1, 0.15) is 41.7 Å². The van der Waals surface area contributed by atoms with Crippen LogP contribution in [0.3, 0.4) is 0 Å². The fraction of sp³-hybridized carbons (Fsp3) is 0.500. The zero-order chi connectivity index (χ0) is 22.5. The maximum atomic E-state index is 12.3. The number of rotatable bonds is 4. The van der Waals surface area contributed by atoms with Gasteiger partial charge in [-0.3, -0.25) is 14.7 Å². The third-order valence-corrected chi connectivity index (χ3v) is 5.85. The Bertz CT molecular complexity index is 866. The lowest BCUT2D eigenvalue weighted by Gasteiger charge is -2.54. The van der Waals surface area contributed by atoms with Crippen molar-refractivity contribution in [1.82, 2.24) is 20.2 Å². The lowest BCUT2D eigenvalue weighted by molar-refractivity contribution is -0.192. The molecule has 1 unspecified atom stereocenters. The molecule has 1 saturated heterocycles. The summed E-state index contributed by atoms with van der Waals surface area (Å²) >= 11 is 0. The first-order chi connectivity index (χ1) is 14.7.